The molecule has 1 aromatic rings. The first kappa shape index (κ1) is 18.7. The van der Waals surface area contributed by atoms with Gasteiger partial charge >= 0.3 is 0 Å². The number of thiophene rings is 1. The van der Waals surface area contributed by atoms with Gasteiger partial charge < -0.3 is 20.7 Å². The zero-order chi connectivity index (χ0) is 15.2. The van der Waals surface area contributed by atoms with Crippen LogP contribution in [0, 0.1) is 5.92 Å². The molecule has 1 saturated heterocycles. The van der Waals surface area contributed by atoms with E-state index in [0.29, 0.717) is 36.8 Å². The van der Waals surface area contributed by atoms with Crippen molar-refractivity contribution < 1.29 is 14.3 Å². The quantitative estimate of drug-likeness (QED) is 0.835. The van der Waals surface area contributed by atoms with Crippen molar-refractivity contribution in [3.63, 3.8) is 0 Å². The average molecular weight is 348 g/mol. The van der Waals surface area contributed by atoms with Crippen LogP contribution in [0.4, 0.5) is 0 Å². The van der Waals surface area contributed by atoms with E-state index in [2.05, 4.69) is 5.32 Å². The summed E-state index contributed by atoms with van der Waals surface area (Å²) in [6, 6.07) is 1.79. The molecule has 6 nitrogen and oxygen atoms in total. The number of hydrogen-bond donors (Lipinski definition) is 2. The van der Waals surface area contributed by atoms with E-state index in [0.717, 1.165) is 12.8 Å². The molecule has 3 N–H and O–H groups in total. The van der Waals surface area contributed by atoms with E-state index < -0.39 is 0 Å². The molecule has 0 spiro atoms. The Morgan fingerprint density at radius 3 is 3.00 bits per heavy atom. The van der Waals surface area contributed by atoms with Crippen molar-refractivity contribution in [1.82, 2.24) is 10.2 Å². The molecule has 0 bridgehead atoms. The number of amides is 2. The fraction of sp³-hybridized carbons (Fsp3) is 0.571. The summed E-state index contributed by atoms with van der Waals surface area (Å²) in [6.07, 6.45) is 1.64. The van der Waals surface area contributed by atoms with E-state index >= 15 is 0 Å². The van der Waals surface area contributed by atoms with Crippen molar-refractivity contribution in [2.45, 2.75) is 12.8 Å². The lowest BCUT2D eigenvalue weighted by Gasteiger charge is -2.31. The SMILES string of the molecule is COc1ccsc1C(=O)N1CCCC(C(=O)NCCN)C1.Cl. The van der Waals surface area contributed by atoms with Gasteiger partial charge in [0, 0.05) is 26.2 Å². The number of methoxy groups -OCH3 is 1. The molecule has 1 atom stereocenters. The number of rotatable bonds is 5. The second kappa shape index (κ2) is 8.97. The minimum atomic E-state index is -0.153. The summed E-state index contributed by atoms with van der Waals surface area (Å²) in [4.78, 5) is 26.9. The minimum absolute atomic E-state index is 0. The molecule has 8 heteroatoms. The van der Waals surface area contributed by atoms with Gasteiger partial charge in [-0.15, -0.1) is 23.7 Å². The number of carbonyl (C=O) groups is 2. The highest BCUT2D eigenvalue weighted by Crippen LogP contribution is 2.28. The molecular weight excluding hydrogens is 326 g/mol. The van der Waals surface area contributed by atoms with Crippen LogP contribution in [-0.2, 0) is 4.79 Å². The highest BCUT2D eigenvalue weighted by atomic mass is 35.5. The number of hydrogen-bond acceptors (Lipinski definition) is 5. The Kier molecular flexibility index (Phi) is 7.64. The molecule has 2 rings (SSSR count). The smallest absolute Gasteiger partial charge is 0.267 e. The standard InChI is InChI=1S/C14H21N3O3S.ClH/c1-20-11-4-8-21-12(11)14(19)17-7-2-3-10(9-17)13(18)16-6-5-15;/h4,8,10H,2-3,5-7,9,15H2,1H3,(H,16,18);1H. The van der Waals surface area contributed by atoms with Crippen molar-refractivity contribution in [2.75, 3.05) is 33.3 Å². The minimum Gasteiger partial charge on any atom is -0.495 e. The number of piperidine rings is 1. The van der Waals surface area contributed by atoms with Crippen molar-refractivity contribution >= 4 is 35.6 Å². The number of nitrogens with one attached hydrogen (secondary N) is 1. The zero-order valence-corrected chi connectivity index (χ0v) is 14.2. The maximum atomic E-state index is 12.5. The van der Waals surface area contributed by atoms with Gasteiger partial charge in [-0.1, -0.05) is 0 Å². The average Bonchev–Trinajstić information content (AvgIpc) is 3.00. The molecule has 0 saturated carbocycles. The largest absolute Gasteiger partial charge is 0.495 e. The van der Waals surface area contributed by atoms with Crippen LogP contribution in [0.25, 0.3) is 0 Å². The topological polar surface area (TPSA) is 84.7 Å². The second-order valence-corrected chi connectivity index (χ2v) is 5.90. The van der Waals surface area contributed by atoms with Crippen LogP contribution in [0.15, 0.2) is 11.4 Å². The Balaban J connectivity index is 0.00000242. The summed E-state index contributed by atoms with van der Waals surface area (Å²) in [5.74, 6) is 0.370. The molecule has 2 heterocycles. The Hall–Kier alpha value is -1.31. The first-order valence-electron chi connectivity index (χ1n) is 7.06. The van der Waals surface area contributed by atoms with Crippen LogP contribution in [0.1, 0.15) is 22.5 Å². The summed E-state index contributed by atoms with van der Waals surface area (Å²) in [5, 5.41) is 4.63. The lowest BCUT2D eigenvalue weighted by Crippen LogP contribution is -2.46. The van der Waals surface area contributed by atoms with E-state index in [1.54, 1.807) is 18.1 Å². The maximum absolute atomic E-state index is 12.5. The molecular formula is C14H22ClN3O3S. The molecule has 1 aromatic heterocycles. The Morgan fingerprint density at radius 1 is 1.55 bits per heavy atom. The Labute approximate surface area is 140 Å². The summed E-state index contributed by atoms with van der Waals surface area (Å²) in [6.45, 7) is 2.03. The van der Waals surface area contributed by atoms with E-state index in [1.165, 1.54) is 11.3 Å². The Morgan fingerprint density at radius 2 is 2.32 bits per heavy atom. The van der Waals surface area contributed by atoms with Crippen LogP contribution in [0.3, 0.4) is 0 Å². The van der Waals surface area contributed by atoms with Crippen molar-refractivity contribution in [3.8, 4) is 5.75 Å². The van der Waals surface area contributed by atoms with E-state index in [9.17, 15) is 9.59 Å². The van der Waals surface area contributed by atoms with Gasteiger partial charge in [-0.2, -0.15) is 0 Å². The molecule has 1 unspecified atom stereocenters. The number of halogens is 1. The summed E-state index contributed by atoms with van der Waals surface area (Å²) < 4.78 is 5.19. The highest BCUT2D eigenvalue weighted by Gasteiger charge is 2.30. The molecule has 0 radical (unpaired) electrons. The summed E-state index contributed by atoms with van der Waals surface area (Å²) in [7, 11) is 1.55. The third-order valence-electron chi connectivity index (χ3n) is 3.57. The molecule has 1 aliphatic rings. The van der Waals surface area contributed by atoms with Gasteiger partial charge in [-0.25, -0.2) is 0 Å². The van der Waals surface area contributed by atoms with E-state index in [1.807, 2.05) is 5.38 Å². The van der Waals surface area contributed by atoms with Gasteiger partial charge in [-0.05, 0) is 24.3 Å². The first-order chi connectivity index (χ1) is 10.2. The second-order valence-electron chi connectivity index (χ2n) is 4.99. The van der Waals surface area contributed by atoms with Crippen LogP contribution in [0.5, 0.6) is 5.75 Å². The monoisotopic (exact) mass is 347 g/mol. The van der Waals surface area contributed by atoms with Gasteiger partial charge in [-0.3, -0.25) is 9.59 Å². The number of likely N-dealkylation sites (tertiary alicyclic amines) is 1. The van der Waals surface area contributed by atoms with Crippen LogP contribution < -0.4 is 15.8 Å². The van der Waals surface area contributed by atoms with Crippen LogP contribution in [-0.4, -0.2) is 50.0 Å². The maximum Gasteiger partial charge on any atom is 0.267 e. The molecule has 1 aliphatic heterocycles. The van der Waals surface area contributed by atoms with Gasteiger partial charge in [0.25, 0.3) is 5.91 Å². The fourth-order valence-electron chi connectivity index (χ4n) is 2.47. The highest BCUT2D eigenvalue weighted by molar-refractivity contribution is 7.12. The fourth-order valence-corrected chi connectivity index (χ4v) is 3.30. The number of carbonyl (C=O) groups excluding carboxylic acids is 2. The Bertz CT molecular complexity index is 509. The van der Waals surface area contributed by atoms with Gasteiger partial charge in [0.2, 0.25) is 5.91 Å². The molecule has 2 amide bonds. The third-order valence-corrected chi connectivity index (χ3v) is 4.45. The normalized spacial score (nSPS) is 17.5. The lowest BCUT2D eigenvalue weighted by atomic mass is 9.97. The van der Waals surface area contributed by atoms with Gasteiger partial charge in [0.05, 0.1) is 13.0 Å². The molecule has 1 fully saturated rings. The molecule has 124 valence electrons. The molecule has 0 aliphatic carbocycles. The van der Waals surface area contributed by atoms with Gasteiger partial charge in [0.1, 0.15) is 10.6 Å². The van der Waals surface area contributed by atoms with Crippen molar-refractivity contribution in [3.05, 3.63) is 16.3 Å². The number of ether oxygens (including phenoxy) is 1. The lowest BCUT2D eigenvalue weighted by molar-refractivity contribution is -0.126. The van der Waals surface area contributed by atoms with Crippen molar-refractivity contribution in [1.29, 1.82) is 0 Å². The van der Waals surface area contributed by atoms with Crippen LogP contribution in [0.2, 0.25) is 0 Å². The zero-order valence-electron chi connectivity index (χ0n) is 12.5. The van der Waals surface area contributed by atoms with Crippen LogP contribution >= 0.6 is 23.7 Å². The first-order valence-corrected chi connectivity index (χ1v) is 7.94. The number of nitrogens with zero attached hydrogens (tertiary/aromatic N) is 1. The predicted octanol–water partition coefficient (Wildman–Crippen LogP) is 1.11. The third kappa shape index (κ3) is 4.34. The van der Waals surface area contributed by atoms with Crippen molar-refractivity contribution in [2.24, 2.45) is 11.7 Å². The molecule has 0 aromatic carbocycles. The number of nitrogens with two attached hydrogens (primary N) is 1. The van der Waals surface area contributed by atoms with Gasteiger partial charge in [0.15, 0.2) is 0 Å². The summed E-state index contributed by atoms with van der Waals surface area (Å²) in [5.41, 5.74) is 5.39. The summed E-state index contributed by atoms with van der Waals surface area (Å²) >= 11 is 1.37. The van der Waals surface area contributed by atoms with E-state index in [4.69, 9.17) is 10.5 Å². The van der Waals surface area contributed by atoms with E-state index in [-0.39, 0.29) is 30.1 Å². The molecule has 22 heavy (non-hydrogen) atoms. The predicted molar refractivity (Wildman–Crippen MR) is 88.8 cm³/mol.